The normalized spacial score (nSPS) is 9.67. The van der Waals surface area contributed by atoms with E-state index in [2.05, 4.69) is 0 Å². The summed E-state index contributed by atoms with van der Waals surface area (Å²) in [5.41, 5.74) is 0.861. The Morgan fingerprint density at radius 3 is 2.53 bits per heavy atom. The van der Waals surface area contributed by atoms with Crippen molar-refractivity contribution in [2.75, 3.05) is 0 Å². The average Bonchev–Trinajstić information content (AvgIpc) is 2.22. The second-order valence-electron chi connectivity index (χ2n) is 3.19. The van der Waals surface area contributed by atoms with Crippen molar-refractivity contribution in [1.29, 1.82) is 0 Å². The summed E-state index contributed by atoms with van der Waals surface area (Å²) in [6, 6.07) is 6.86. The fourth-order valence-electron chi connectivity index (χ4n) is 1.15. The minimum atomic E-state index is -0.229. The SMILES string of the molecule is CCCC(=O)Oc1ccc(C[C]=O)cc1. The Balaban J connectivity index is 2.56. The highest BCUT2D eigenvalue weighted by Crippen LogP contribution is 2.13. The summed E-state index contributed by atoms with van der Waals surface area (Å²) in [6.45, 7) is 1.92. The molecule has 1 rings (SSSR count). The van der Waals surface area contributed by atoms with E-state index in [9.17, 15) is 9.59 Å². The van der Waals surface area contributed by atoms with Gasteiger partial charge in [-0.15, -0.1) is 0 Å². The van der Waals surface area contributed by atoms with Gasteiger partial charge in [-0.3, -0.25) is 9.59 Å². The molecule has 15 heavy (non-hydrogen) atoms. The van der Waals surface area contributed by atoms with Crippen LogP contribution in [-0.2, 0) is 16.0 Å². The molecule has 0 aliphatic rings. The zero-order valence-electron chi connectivity index (χ0n) is 8.66. The molecule has 0 atom stereocenters. The van der Waals surface area contributed by atoms with Gasteiger partial charge in [-0.25, -0.2) is 0 Å². The standard InChI is InChI=1S/C12H13O3/c1-2-3-12(14)15-11-6-4-10(5-7-11)8-9-13/h4-7H,2-3,8H2,1H3. The van der Waals surface area contributed by atoms with Crippen molar-refractivity contribution in [3.63, 3.8) is 0 Å². The third kappa shape index (κ3) is 3.94. The van der Waals surface area contributed by atoms with Gasteiger partial charge in [0.15, 0.2) is 0 Å². The molecule has 0 fully saturated rings. The zero-order valence-corrected chi connectivity index (χ0v) is 8.66. The molecule has 0 amide bonds. The second-order valence-corrected chi connectivity index (χ2v) is 3.19. The molecule has 0 N–H and O–H groups in total. The quantitative estimate of drug-likeness (QED) is 0.545. The molecular formula is C12H13O3. The second kappa shape index (κ2) is 5.96. The van der Waals surface area contributed by atoms with Gasteiger partial charge in [0.2, 0.25) is 6.29 Å². The number of benzene rings is 1. The van der Waals surface area contributed by atoms with Crippen LogP contribution in [0.1, 0.15) is 25.3 Å². The van der Waals surface area contributed by atoms with E-state index in [1.807, 2.05) is 6.92 Å². The van der Waals surface area contributed by atoms with E-state index >= 15 is 0 Å². The van der Waals surface area contributed by atoms with Crippen molar-refractivity contribution >= 4 is 12.3 Å². The summed E-state index contributed by atoms with van der Waals surface area (Å²) in [7, 11) is 0. The van der Waals surface area contributed by atoms with Gasteiger partial charge in [-0.05, 0) is 24.1 Å². The maximum absolute atomic E-state index is 11.1. The first-order chi connectivity index (χ1) is 7.26. The van der Waals surface area contributed by atoms with Crippen LogP contribution in [-0.4, -0.2) is 12.3 Å². The van der Waals surface area contributed by atoms with Gasteiger partial charge in [0.25, 0.3) is 0 Å². The molecule has 1 radical (unpaired) electrons. The average molecular weight is 205 g/mol. The fourth-order valence-corrected chi connectivity index (χ4v) is 1.15. The first kappa shape index (κ1) is 11.4. The summed E-state index contributed by atoms with van der Waals surface area (Å²) < 4.78 is 5.05. The van der Waals surface area contributed by atoms with E-state index in [1.165, 1.54) is 0 Å². The number of rotatable bonds is 5. The lowest BCUT2D eigenvalue weighted by Crippen LogP contribution is -2.06. The molecule has 0 aliphatic carbocycles. The lowest BCUT2D eigenvalue weighted by molar-refractivity contribution is -0.134. The van der Waals surface area contributed by atoms with Crippen molar-refractivity contribution in [1.82, 2.24) is 0 Å². The lowest BCUT2D eigenvalue weighted by atomic mass is 10.2. The third-order valence-corrected chi connectivity index (χ3v) is 1.89. The number of hydrogen-bond acceptors (Lipinski definition) is 3. The molecule has 0 saturated heterocycles. The maximum Gasteiger partial charge on any atom is 0.311 e. The fraction of sp³-hybridized carbons (Fsp3) is 0.333. The zero-order chi connectivity index (χ0) is 11.1. The molecule has 0 aromatic heterocycles. The van der Waals surface area contributed by atoms with Crippen molar-refractivity contribution in [2.45, 2.75) is 26.2 Å². The molecule has 1 aromatic rings. The van der Waals surface area contributed by atoms with Gasteiger partial charge in [0.1, 0.15) is 5.75 Å². The van der Waals surface area contributed by atoms with Crippen molar-refractivity contribution in [3.8, 4) is 5.75 Å². The largest absolute Gasteiger partial charge is 0.427 e. The van der Waals surface area contributed by atoms with Gasteiger partial charge in [-0.2, -0.15) is 0 Å². The molecule has 79 valence electrons. The maximum atomic E-state index is 11.1. The number of carbonyl (C=O) groups is 1. The van der Waals surface area contributed by atoms with Crippen molar-refractivity contribution < 1.29 is 14.3 Å². The summed E-state index contributed by atoms with van der Waals surface area (Å²) in [4.78, 5) is 21.3. The first-order valence-corrected chi connectivity index (χ1v) is 4.91. The molecule has 0 saturated carbocycles. The van der Waals surface area contributed by atoms with Gasteiger partial charge < -0.3 is 4.74 Å². The predicted octanol–water partition coefficient (Wildman–Crippen LogP) is 2.04. The molecule has 1 aromatic carbocycles. The molecule has 0 spiro atoms. The molecule has 3 nitrogen and oxygen atoms in total. The summed E-state index contributed by atoms with van der Waals surface area (Å²) in [5.74, 6) is 0.287. The Kier molecular flexibility index (Phi) is 4.54. The Labute approximate surface area is 89.1 Å². The molecule has 0 aliphatic heterocycles. The van der Waals surface area contributed by atoms with Crippen LogP contribution >= 0.6 is 0 Å². The van der Waals surface area contributed by atoms with E-state index in [-0.39, 0.29) is 12.4 Å². The van der Waals surface area contributed by atoms with Crippen molar-refractivity contribution in [2.24, 2.45) is 0 Å². The Hall–Kier alpha value is -1.64. The highest BCUT2D eigenvalue weighted by atomic mass is 16.5. The van der Waals surface area contributed by atoms with Crippen LogP contribution in [0.15, 0.2) is 24.3 Å². The van der Waals surface area contributed by atoms with Gasteiger partial charge >= 0.3 is 5.97 Å². The van der Waals surface area contributed by atoms with Crippen LogP contribution in [0.4, 0.5) is 0 Å². The minimum Gasteiger partial charge on any atom is -0.427 e. The number of esters is 1. The highest BCUT2D eigenvalue weighted by Gasteiger charge is 2.02. The number of carbonyl (C=O) groups excluding carboxylic acids is 2. The van der Waals surface area contributed by atoms with Gasteiger partial charge in [0.05, 0.1) is 0 Å². The predicted molar refractivity (Wildman–Crippen MR) is 56.4 cm³/mol. The number of hydrogen-bond donors (Lipinski definition) is 0. The summed E-state index contributed by atoms with van der Waals surface area (Å²) in [5, 5.41) is 0. The Bertz CT molecular complexity index is 327. The van der Waals surface area contributed by atoms with E-state index in [0.717, 1.165) is 12.0 Å². The summed E-state index contributed by atoms with van der Waals surface area (Å²) >= 11 is 0. The van der Waals surface area contributed by atoms with Crippen LogP contribution in [0.2, 0.25) is 0 Å². The van der Waals surface area contributed by atoms with Crippen LogP contribution in [0.5, 0.6) is 5.75 Å². The van der Waals surface area contributed by atoms with E-state index in [0.29, 0.717) is 12.2 Å². The molecule has 0 unspecified atom stereocenters. The topological polar surface area (TPSA) is 43.4 Å². The first-order valence-electron chi connectivity index (χ1n) is 4.91. The molecule has 0 heterocycles. The van der Waals surface area contributed by atoms with E-state index < -0.39 is 0 Å². The monoisotopic (exact) mass is 205 g/mol. The molecule has 0 bridgehead atoms. The molecular weight excluding hydrogens is 192 g/mol. The Morgan fingerprint density at radius 1 is 1.33 bits per heavy atom. The van der Waals surface area contributed by atoms with Crippen molar-refractivity contribution in [3.05, 3.63) is 29.8 Å². The smallest absolute Gasteiger partial charge is 0.311 e. The van der Waals surface area contributed by atoms with E-state index in [1.54, 1.807) is 30.6 Å². The highest BCUT2D eigenvalue weighted by molar-refractivity contribution is 5.72. The molecule has 3 heteroatoms. The van der Waals surface area contributed by atoms with Crippen LogP contribution in [0.3, 0.4) is 0 Å². The van der Waals surface area contributed by atoms with Gasteiger partial charge in [-0.1, -0.05) is 19.1 Å². The minimum absolute atomic E-state index is 0.229. The Morgan fingerprint density at radius 2 is 2.00 bits per heavy atom. The van der Waals surface area contributed by atoms with E-state index in [4.69, 9.17) is 4.74 Å². The van der Waals surface area contributed by atoms with Crippen LogP contribution in [0, 0.1) is 0 Å². The van der Waals surface area contributed by atoms with Crippen LogP contribution < -0.4 is 4.74 Å². The third-order valence-electron chi connectivity index (χ3n) is 1.89. The summed E-state index contributed by atoms with van der Waals surface area (Å²) in [6.07, 6.45) is 3.27. The van der Waals surface area contributed by atoms with Crippen LogP contribution in [0.25, 0.3) is 0 Å². The number of ether oxygens (including phenoxy) is 1. The van der Waals surface area contributed by atoms with Gasteiger partial charge in [0, 0.05) is 12.8 Å². The lowest BCUT2D eigenvalue weighted by Gasteiger charge is -2.03.